The Morgan fingerprint density at radius 3 is 2.59 bits per heavy atom. The normalized spacial score (nSPS) is 11.1. The molecule has 0 bridgehead atoms. The number of alkyl halides is 3. The predicted octanol–water partition coefficient (Wildman–Crippen LogP) is 1.22. The van der Waals surface area contributed by atoms with E-state index in [-0.39, 0.29) is 5.82 Å². The summed E-state index contributed by atoms with van der Waals surface area (Å²) in [4.78, 5) is 14.8. The lowest BCUT2D eigenvalue weighted by atomic mass is 10.3. The molecular weight excluding hydrogens is 237 g/mol. The van der Waals surface area contributed by atoms with Gasteiger partial charge in [0.05, 0.1) is 0 Å². The number of rotatable bonds is 3. The molecular formula is C9H11F3N4O. The van der Waals surface area contributed by atoms with Crippen LogP contribution in [0.25, 0.3) is 0 Å². The highest BCUT2D eigenvalue weighted by atomic mass is 19.4. The first-order valence-electron chi connectivity index (χ1n) is 4.67. The van der Waals surface area contributed by atoms with Gasteiger partial charge in [-0.2, -0.15) is 13.2 Å². The van der Waals surface area contributed by atoms with Gasteiger partial charge >= 0.3 is 12.2 Å². The third-order valence-electron chi connectivity index (χ3n) is 1.75. The number of amides is 2. The zero-order valence-electron chi connectivity index (χ0n) is 8.71. The van der Waals surface area contributed by atoms with Crippen LogP contribution >= 0.6 is 0 Å². The van der Waals surface area contributed by atoms with E-state index in [0.29, 0.717) is 6.54 Å². The van der Waals surface area contributed by atoms with Crippen molar-refractivity contribution in [2.45, 2.75) is 12.7 Å². The van der Waals surface area contributed by atoms with E-state index in [0.717, 1.165) is 5.56 Å². The number of nitrogens with two attached hydrogens (primary N) is 1. The lowest BCUT2D eigenvalue weighted by Crippen LogP contribution is -2.36. The van der Waals surface area contributed by atoms with Crippen molar-refractivity contribution in [1.29, 1.82) is 0 Å². The minimum atomic E-state index is -4.44. The van der Waals surface area contributed by atoms with Crippen molar-refractivity contribution in [1.82, 2.24) is 10.3 Å². The molecule has 1 aromatic rings. The Bertz CT molecular complexity index is 377. The summed E-state index contributed by atoms with van der Waals surface area (Å²) in [6.45, 7) is -1.09. The average molecular weight is 248 g/mol. The molecule has 0 spiro atoms. The fourth-order valence-corrected chi connectivity index (χ4v) is 0.960. The summed E-state index contributed by atoms with van der Waals surface area (Å²) in [5, 5.41) is 3.82. The lowest BCUT2D eigenvalue weighted by Gasteiger charge is -2.09. The second-order valence-electron chi connectivity index (χ2n) is 3.18. The van der Waals surface area contributed by atoms with Crippen molar-refractivity contribution in [3.05, 3.63) is 23.9 Å². The summed E-state index contributed by atoms with van der Waals surface area (Å²) in [7, 11) is 0. The van der Waals surface area contributed by atoms with Gasteiger partial charge in [0.2, 0.25) is 0 Å². The minimum Gasteiger partial charge on any atom is -0.329 e. The van der Waals surface area contributed by atoms with E-state index in [1.807, 2.05) is 0 Å². The highest BCUT2D eigenvalue weighted by molar-refractivity contribution is 5.88. The predicted molar refractivity (Wildman–Crippen MR) is 55.2 cm³/mol. The van der Waals surface area contributed by atoms with Crippen molar-refractivity contribution in [2.24, 2.45) is 5.73 Å². The van der Waals surface area contributed by atoms with E-state index in [1.165, 1.54) is 12.3 Å². The maximum atomic E-state index is 11.8. The zero-order chi connectivity index (χ0) is 12.9. The van der Waals surface area contributed by atoms with Crippen LogP contribution < -0.4 is 16.4 Å². The third-order valence-corrected chi connectivity index (χ3v) is 1.75. The van der Waals surface area contributed by atoms with Gasteiger partial charge in [-0.1, -0.05) is 6.07 Å². The summed E-state index contributed by atoms with van der Waals surface area (Å²) in [6.07, 6.45) is -3.01. The molecule has 4 N–H and O–H groups in total. The van der Waals surface area contributed by atoms with Crippen LogP contribution in [0, 0.1) is 0 Å². The largest absolute Gasteiger partial charge is 0.405 e. The number of anilines is 1. The Labute approximate surface area is 95.2 Å². The van der Waals surface area contributed by atoms with E-state index in [9.17, 15) is 18.0 Å². The number of nitrogens with zero attached hydrogens (tertiary/aromatic N) is 1. The minimum absolute atomic E-state index is 0.155. The number of halogens is 3. The molecule has 94 valence electrons. The number of aromatic nitrogens is 1. The molecule has 1 aromatic heterocycles. The molecule has 0 fully saturated rings. The Morgan fingerprint density at radius 2 is 2.12 bits per heavy atom. The topological polar surface area (TPSA) is 80.0 Å². The monoisotopic (exact) mass is 248 g/mol. The standard InChI is InChI=1S/C9H11F3N4O/c10-9(11,12)5-15-8(17)16-7-2-1-6(3-13)4-14-7/h1-2,4H,3,5,13H2,(H2,14,15,16,17). The summed E-state index contributed by atoms with van der Waals surface area (Å²) >= 11 is 0. The number of urea groups is 1. The van der Waals surface area contributed by atoms with Crippen molar-refractivity contribution < 1.29 is 18.0 Å². The second-order valence-corrected chi connectivity index (χ2v) is 3.18. The number of hydrogen-bond acceptors (Lipinski definition) is 3. The zero-order valence-corrected chi connectivity index (χ0v) is 8.71. The van der Waals surface area contributed by atoms with Crippen molar-refractivity contribution in [3.63, 3.8) is 0 Å². The third kappa shape index (κ3) is 5.16. The van der Waals surface area contributed by atoms with Gasteiger partial charge in [0, 0.05) is 12.7 Å². The van der Waals surface area contributed by atoms with Crippen LogP contribution in [0.3, 0.4) is 0 Å². The molecule has 0 aliphatic heterocycles. The summed E-state index contributed by atoms with van der Waals surface area (Å²) < 4.78 is 35.3. The van der Waals surface area contributed by atoms with E-state index in [4.69, 9.17) is 5.73 Å². The molecule has 17 heavy (non-hydrogen) atoms. The van der Waals surface area contributed by atoms with Crippen LogP contribution in [0.2, 0.25) is 0 Å². The fourth-order valence-electron chi connectivity index (χ4n) is 0.960. The first-order chi connectivity index (χ1) is 7.90. The smallest absolute Gasteiger partial charge is 0.329 e. The number of pyridine rings is 1. The SMILES string of the molecule is NCc1ccc(NC(=O)NCC(F)(F)F)nc1. The Morgan fingerprint density at radius 1 is 1.41 bits per heavy atom. The van der Waals surface area contributed by atoms with Gasteiger partial charge in [0.25, 0.3) is 0 Å². The highest BCUT2D eigenvalue weighted by Gasteiger charge is 2.27. The van der Waals surface area contributed by atoms with E-state index in [2.05, 4.69) is 10.3 Å². The summed E-state index contributed by atoms with van der Waals surface area (Å²) in [6, 6.07) is 2.11. The van der Waals surface area contributed by atoms with Crippen molar-refractivity contribution in [2.75, 3.05) is 11.9 Å². The summed E-state index contributed by atoms with van der Waals surface area (Å²) in [5.41, 5.74) is 6.09. The van der Waals surface area contributed by atoms with Gasteiger partial charge in [0.1, 0.15) is 12.4 Å². The average Bonchev–Trinajstić information content (AvgIpc) is 2.27. The number of carbonyl (C=O) groups excluding carboxylic acids is 1. The molecule has 0 saturated heterocycles. The Hall–Kier alpha value is -1.83. The van der Waals surface area contributed by atoms with Gasteiger partial charge < -0.3 is 11.1 Å². The molecule has 1 heterocycles. The van der Waals surface area contributed by atoms with E-state index >= 15 is 0 Å². The quantitative estimate of drug-likeness (QED) is 0.752. The second kappa shape index (κ2) is 5.48. The van der Waals surface area contributed by atoms with E-state index in [1.54, 1.807) is 11.4 Å². The first kappa shape index (κ1) is 13.2. The molecule has 0 aromatic carbocycles. The maximum absolute atomic E-state index is 11.8. The number of hydrogen-bond donors (Lipinski definition) is 3. The molecule has 0 atom stereocenters. The van der Waals surface area contributed by atoms with Crippen LogP contribution in [0.15, 0.2) is 18.3 Å². The van der Waals surface area contributed by atoms with Gasteiger partial charge in [-0.25, -0.2) is 9.78 Å². The van der Waals surface area contributed by atoms with E-state index < -0.39 is 18.8 Å². The Kier molecular flexibility index (Phi) is 4.27. The first-order valence-corrected chi connectivity index (χ1v) is 4.67. The molecule has 0 aliphatic rings. The van der Waals surface area contributed by atoms with Crippen molar-refractivity contribution in [3.8, 4) is 0 Å². The molecule has 5 nitrogen and oxygen atoms in total. The van der Waals surface area contributed by atoms with Crippen LogP contribution in [-0.2, 0) is 6.54 Å². The molecule has 0 aliphatic carbocycles. The fraction of sp³-hybridized carbons (Fsp3) is 0.333. The van der Waals surface area contributed by atoms with Crippen LogP contribution in [-0.4, -0.2) is 23.7 Å². The molecule has 0 saturated carbocycles. The van der Waals surface area contributed by atoms with Crippen molar-refractivity contribution >= 4 is 11.8 Å². The van der Waals surface area contributed by atoms with Gasteiger partial charge in [-0.05, 0) is 11.6 Å². The molecule has 0 radical (unpaired) electrons. The number of carbonyl (C=O) groups is 1. The van der Waals surface area contributed by atoms with Crippen LogP contribution in [0.1, 0.15) is 5.56 Å². The lowest BCUT2D eigenvalue weighted by molar-refractivity contribution is -0.122. The van der Waals surface area contributed by atoms with Crippen LogP contribution in [0.4, 0.5) is 23.8 Å². The van der Waals surface area contributed by atoms with Gasteiger partial charge in [-0.15, -0.1) is 0 Å². The number of nitrogens with one attached hydrogen (secondary N) is 2. The molecule has 8 heteroatoms. The molecule has 2 amide bonds. The van der Waals surface area contributed by atoms with Crippen LogP contribution in [0.5, 0.6) is 0 Å². The molecule has 0 unspecified atom stereocenters. The maximum Gasteiger partial charge on any atom is 0.405 e. The van der Waals surface area contributed by atoms with Gasteiger partial charge in [0.15, 0.2) is 0 Å². The van der Waals surface area contributed by atoms with Gasteiger partial charge in [-0.3, -0.25) is 5.32 Å². The Balaban J connectivity index is 2.45. The summed E-state index contributed by atoms with van der Waals surface area (Å²) in [5.74, 6) is 0.155. The highest BCUT2D eigenvalue weighted by Crippen LogP contribution is 2.12. The molecule has 1 rings (SSSR count).